The summed E-state index contributed by atoms with van der Waals surface area (Å²) < 4.78 is 44.8. The maximum atomic E-state index is 13.4. The highest BCUT2D eigenvalue weighted by atomic mass is 32.2. The van der Waals surface area contributed by atoms with Crippen LogP contribution in [0.2, 0.25) is 0 Å². The first kappa shape index (κ1) is 23.3. The van der Waals surface area contributed by atoms with Gasteiger partial charge in [0.1, 0.15) is 5.69 Å². The minimum Gasteiger partial charge on any atom is -0.465 e. The van der Waals surface area contributed by atoms with Crippen LogP contribution in [0.5, 0.6) is 0 Å². The first-order valence-corrected chi connectivity index (χ1v) is 10.2. The van der Waals surface area contributed by atoms with Gasteiger partial charge in [-0.15, -0.1) is 0 Å². The van der Waals surface area contributed by atoms with E-state index < -0.39 is 29.0 Å². The lowest BCUT2D eigenvalue weighted by Gasteiger charge is -2.15. The van der Waals surface area contributed by atoms with Gasteiger partial charge in [0.15, 0.2) is 5.16 Å². The Morgan fingerprint density at radius 3 is 2.34 bits per heavy atom. The third kappa shape index (κ3) is 5.64. The van der Waals surface area contributed by atoms with E-state index in [0.29, 0.717) is 5.56 Å². The van der Waals surface area contributed by atoms with Gasteiger partial charge < -0.3 is 10.1 Å². The van der Waals surface area contributed by atoms with Crippen LogP contribution in [0.25, 0.3) is 11.3 Å². The number of halogens is 3. The number of carbonyl (C=O) groups excluding carboxylic acids is 2. The van der Waals surface area contributed by atoms with Crippen LogP contribution >= 0.6 is 11.8 Å². The van der Waals surface area contributed by atoms with Crippen molar-refractivity contribution in [2.45, 2.75) is 23.5 Å². The zero-order valence-electron chi connectivity index (χ0n) is 17.0. The number of nitrogens with one attached hydrogen (secondary N) is 1. The third-order valence-electron chi connectivity index (χ3n) is 4.31. The van der Waals surface area contributed by atoms with Crippen LogP contribution in [0.3, 0.4) is 0 Å². The zero-order valence-corrected chi connectivity index (χ0v) is 17.8. The van der Waals surface area contributed by atoms with Crippen LogP contribution in [-0.4, -0.2) is 34.2 Å². The number of rotatable bonds is 6. The number of esters is 1. The lowest BCUT2D eigenvalue weighted by Crippen LogP contribution is -2.24. The van der Waals surface area contributed by atoms with Gasteiger partial charge in [0.2, 0.25) is 5.91 Å². The molecule has 0 aliphatic carbocycles. The molecule has 0 unspecified atom stereocenters. The SMILES string of the molecule is COC(=O)c1ccccc1NC(=O)[C@@H](C)Sc1nc(-c2ccccc2)cc(C(F)(F)F)n1. The number of thioether (sulfide) groups is 1. The summed E-state index contributed by atoms with van der Waals surface area (Å²) in [6.07, 6.45) is -4.67. The fourth-order valence-corrected chi connectivity index (χ4v) is 3.49. The largest absolute Gasteiger partial charge is 0.465 e. The summed E-state index contributed by atoms with van der Waals surface area (Å²) in [6.45, 7) is 1.51. The summed E-state index contributed by atoms with van der Waals surface area (Å²) in [5, 5.41) is 1.55. The molecule has 3 aromatic rings. The molecule has 10 heteroatoms. The number of carbonyl (C=O) groups is 2. The standard InChI is InChI=1S/C22H18F3N3O3S/c1-13(19(29)26-16-11-7-6-10-15(16)20(30)31-2)32-21-27-17(14-8-4-3-5-9-14)12-18(28-21)22(23,24)25/h3-13H,1-2H3,(H,26,29)/t13-/m1/s1. The van der Waals surface area contributed by atoms with E-state index in [0.717, 1.165) is 17.8 Å². The van der Waals surface area contributed by atoms with Crippen LogP contribution in [0.15, 0.2) is 65.8 Å². The van der Waals surface area contributed by atoms with Crippen molar-refractivity contribution in [3.63, 3.8) is 0 Å². The van der Waals surface area contributed by atoms with E-state index in [4.69, 9.17) is 4.74 Å². The predicted molar refractivity (Wildman–Crippen MR) is 114 cm³/mol. The van der Waals surface area contributed by atoms with Gasteiger partial charge >= 0.3 is 12.1 Å². The number of hydrogen-bond acceptors (Lipinski definition) is 6. The highest BCUT2D eigenvalue weighted by molar-refractivity contribution is 8.00. The topological polar surface area (TPSA) is 81.2 Å². The molecule has 32 heavy (non-hydrogen) atoms. The number of benzene rings is 2. The molecule has 1 atom stereocenters. The Balaban J connectivity index is 1.85. The quantitative estimate of drug-likeness (QED) is 0.314. The molecule has 6 nitrogen and oxygen atoms in total. The van der Waals surface area contributed by atoms with Crippen molar-refractivity contribution in [2.75, 3.05) is 12.4 Å². The van der Waals surface area contributed by atoms with E-state index in [1.165, 1.54) is 26.2 Å². The van der Waals surface area contributed by atoms with Crippen molar-refractivity contribution in [1.29, 1.82) is 0 Å². The normalized spacial score (nSPS) is 12.2. The van der Waals surface area contributed by atoms with Gasteiger partial charge in [-0.1, -0.05) is 54.2 Å². The number of hydrogen-bond donors (Lipinski definition) is 1. The number of ether oxygens (including phenoxy) is 1. The summed E-state index contributed by atoms with van der Waals surface area (Å²) in [7, 11) is 1.22. The molecule has 0 saturated heterocycles. The number of nitrogens with zero attached hydrogens (tertiary/aromatic N) is 2. The number of alkyl halides is 3. The molecule has 0 aliphatic heterocycles. The maximum Gasteiger partial charge on any atom is 0.433 e. The summed E-state index contributed by atoms with van der Waals surface area (Å²) in [5.41, 5.74) is -0.128. The van der Waals surface area contributed by atoms with Gasteiger partial charge in [-0.05, 0) is 25.1 Å². The van der Waals surface area contributed by atoms with E-state index in [-0.39, 0.29) is 22.1 Å². The van der Waals surface area contributed by atoms with Crippen LogP contribution in [0, 0.1) is 0 Å². The lowest BCUT2D eigenvalue weighted by atomic mass is 10.1. The average molecular weight is 461 g/mol. The Kier molecular flexibility index (Phi) is 7.14. The second kappa shape index (κ2) is 9.82. The summed E-state index contributed by atoms with van der Waals surface area (Å²) >= 11 is 0.780. The molecule has 0 fully saturated rings. The van der Waals surface area contributed by atoms with Crippen molar-refractivity contribution in [1.82, 2.24) is 9.97 Å². The van der Waals surface area contributed by atoms with Crippen LogP contribution in [0.4, 0.5) is 18.9 Å². The molecule has 166 valence electrons. The molecule has 1 N–H and O–H groups in total. The van der Waals surface area contributed by atoms with Crippen molar-refractivity contribution in [3.8, 4) is 11.3 Å². The highest BCUT2D eigenvalue weighted by Gasteiger charge is 2.34. The van der Waals surface area contributed by atoms with Gasteiger partial charge in [0.05, 0.1) is 29.3 Å². The molecule has 2 aromatic carbocycles. The summed E-state index contributed by atoms with van der Waals surface area (Å²) in [5.74, 6) is -1.16. The van der Waals surface area contributed by atoms with Gasteiger partial charge in [0, 0.05) is 5.56 Å². The number of amides is 1. The Labute approximate surface area is 186 Å². The van der Waals surface area contributed by atoms with Gasteiger partial charge in [-0.3, -0.25) is 4.79 Å². The summed E-state index contributed by atoms with van der Waals surface area (Å²) in [6, 6.07) is 15.5. The Bertz CT molecular complexity index is 1120. The number of aromatic nitrogens is 2. The first-order chi connectivity index (χ1) is 15.2. The third-order valence-corrected chi connectivity index (χ3v) is 5.27. The van der Waals surface area contributed by atoms with Gasteiger partial charge in [0.25, 0.3) is 0 Å². The Morgan fingerprint density at radius 1 is 1.03 bits per heavy atom. The number of anilines is 1. The zero-order chi connectivity index (χ0) is 23.3. The fraction of sp³-hybridized carbons (Fsp3) is 0.182. The molecule has 1 heterocycles. The minimum atomic E-state index is -4.67. The molecule has 1 amide bonds. The molecule has 3 rings (SSSR count). The second-order valence-electron chi connectivity index (χ2n) is 6.57. The van der Waals surface area contributed by atoms with E-state index in [2.05, 4.69) is 15.3 Å². The number of methoxy groups -OCH3 is 1. The van der Waals surface area contributed by atoms with E-state index >= 15 is 0 Å². The Hall–Kier alpha value is -3.40. The van der Waals surface area contributed by atoms with Crippen LogP contribution < -0.4 is 5.32 Å². The predicted octanol–water partition coefficient (Wildman–Crippen LogP) is 5.07. The second-order valence-corrected chi connectivity index (χ2v) is 7.88. The van der Waals surface area contributed by atoms with Gasteiger partial charge in [-0.25, -0.2) is 14.8 Å². The first-order valence-electron chi connectivity index (χ1n) is 9.35. The minimum absolute atomic E-state index is 0.0964. The fourth-order valence-electron chi connectivity index (χ4n) is 2.71. The molecule has 0 saturated carbocycles. The molecule has 0 radical (unpaired) electrons. The lowest BCUT2D eigenvalue weighted by molar-refractivity contribution is -0.141. The van der Waals surface area contributed by atoms with Crippen molar-refractivity contribution in [2.24, 2.45) is 0 Å². The molecule has 0 aliphatic rings. The smallest absolute Gasteiger partial charge is 0.433 e. The van der Waals surface area contributed by atoms with E-state index in [9.17, 15) is 22.8 Å². The molecule has 1 aromatic heterocycles. The van der Waals surface area contributed by atoms with Crippen LogP contribution in [0.1, 0.15) is 23.0 Å². The summed E-state index contributed by atoms with van der Waals surface area (Å²) in [4.78, 5) is 32.3. The van der Waals surface area contributed by atoms with Crippen molar-refractivity contribution in [3.05, 3.63) is 71.9 Å². The monoisotopic (exact) mass is 461 g/mol. The molecule has 0 spiro atoms. The highest BCUT2D eigenvalue weighted by Crippen LogP contribution is 2.33. The van der Waals surface area contributed by atoms with Crippen molar-refractivity contribution < 1.29 is 27.5 Å². The Morgan fingerprint density at radius 2 is 1.69 bits per heavy atom. The average Bonchev–Trinajstić information content (AvgIpc) is 2.78. The molecule has 0 bridgehead atoms. The van der Waals surface area contributed by atoms with E-state index in [1.807, 2.05) is 0 Å². The molecular formula is C22H18F3N3O3S. The maximum absolute atomic E-state index is 13.4. The molecular weight excluding hydrogens is 443 g/mol. The number of para-hydroxylation sites is 1. The van der Waals surface area contributed by atoms with Crippen LogP contribution in [-0.2, 0) is 15.7 Å². The van der Waals surface area contributed by atoms with E-state index in [1.54, 1.807) is 42.5 Å². The van der Waals surface area contributed by atoms with Crippen molar-refractivity contribution >= 4 is 29.3 Å². The van der Waals surface area contributed by atoms with Gasteiger partial charge in [-0.2, -0.15) is 13.2 Å².